The summed E-state index contributed by atoms with van der Waals surface area (Å²) in [6.45, 7) is 3.93. The topological polar surface area (TPSA) is 67.8 Å². The second-order valence-corrected chi connectivity index (χ2v) is 6.17. The van der Waals surface area contributed by atoms with Crippen molar-refractivity contribution >= 4 is 22.4 Å². The lowest BCUT2D eigenvalue weighted by Crippen LogP contribution is -2.19. The molecule has 2 aromatic heterocycles. The molecule has 5 nitrogen and oxygen atoms in total. The van der Waals surface area contributed by atoms with Gasteiger partial charge in [0.1, 0.15) is 12.0 Å². The van der Waals surface area contributed by atoms with Crippen LogP contribution in [-0.2, 0) is 12.8 Å². The minimum Gasteiger partial charge on any atom is -0.296 e. The van der Waals surface area contributed by atoms with Crippen LogP contribution in [0.3, 0.4) is 0 Å². The fraction of sp³-hybridized carbons (Fsp3) is 0.429. The summed E-state index contributed by atoms with van der Waals surface area (Å²) in [5, 5.41) is 3.48. The monoisotopic (exact) mass is 288 g/mol. The average Bonchev–Trinajstić information content (AvgIpc) is 2.76. The van der Waals surface area contributed by atoms with Crippen LogP contribution in [0.4, 0.5) is 5.13 Å². The summed E-state index contributed by atoms with van der Waals surface area (Å²) >= 11 is 1.49. The van der Waals surface area contributed by atoms with E-state index in [-0.39, 0.29) is 5.91 Å². The molecular formula is C14H16N4OS. The maximum atomic E-state index is 12.4. The van der Waals surface area contributed by atoms with Crippen molar-refractivity contribution in [1.29, 1.82) is 0 Å². The Kier molecular flexibility index (Phi) is 3.48. The molecule has 0 spiro atoms. The Hall–Kier alpha value is -1.82. The highest BCUT2D eigenvalue weighted by Gasteiger charge is 2.21. The zero-order valence-electron chi connectivity index (χ0n) is 11.6. The van der Waals surface area contributed by atoms with Crippen LogP contribution >= 0.6 is 11.3 Å². The van der Waals surface area contributed by atoms with Gasteiger partial charge in [0, 0.05) is 16.1 Å². The molecule has 0 bridgehead atoms. The SMILES string of the molecule is Cc1nc(NC(=O)c2ncnc3c2CCCC3)sc1C. The number of amides is 1. The van der Waals surface area contributed by atoms with E-state index in [1.165, 1.54) is 17.7 Å². The molecule has 0 aliphatic heterocycles. The maximum Gasteiger partial charge on any atom is 0.276 e. The van der Waals surface area contributed by atoms with Crippen molar-refractivity contribution in [2.45, 2.75) is 39.5 Å². The first-order valence-corrected chi connectivity index (χ1v) is 7.55. The van der Waals surface area contributed by atoms with E-state index in [1.807, 2.05) is 13.8 Å². The van der Waals surface area contributed by atoms with E-state index in [0.717, 1.165) is 47.5 Å². The molecule has 104 valence electrons. The van der Waals surface area contributed by atoms with E-state index in [0.29, 0.717) is 10.8 Å². The molecule has 0 aromatic carbocycles. The van der Waals surface area contributed by atoms with Crippen molar-refractivity contribution < 1.29 is 4.79 Å². The number of carbonyl (C=O) groups is 1. The highest BCUT2D eigenvalue weighted by atomic mass is 32.1. The summed E-state index contributed by atoms with van der Waals surface area (Å²) in [7, 11) is 0. The summed E-state index contributed by atoms with van der Waals surface area (Å²) < 4.78 is 0. The average molecular weight is 288 g/mol. The summed E-state index contributed by atoms with van der Waals surface area (Å²) in [5.41, 5.74) is 3.47. The van der Waals surface area contributed by atoms with Crippen molar-refractivity contribution in [3.63, 3.8) is 0 Å². The highest BCUT2D eigenvalue weighted by molar-refractivity contribution is 7.15. The van der Waals surface area contributed by atoms with Crippen LogP contribution in [0, 0.1) is 13.8 Å². The van der Waals surface area contributed by atoms with E-state index in [2.05, 4.69) is 20.3 Å². The summed E-state index contributed by atoms with van der Waals surface area (Å²) in [6.07, 6.45) is 5.53. The van der Waals surface area contributed by atoms with Crippen LogP contribution in [0.25, 0.3) is 0 Å². The van der Waals surface area contributed by atoms with Crippen LogP contribution in [0.5, 0.6) is 0 Å². The Morgan fingerprint density at radius 1 is 1.25 bits per heavy atom. The highest BCUT2D eigenvalue weighted by Crippen LogP contribution is 2.24. The first kappa shape index (κ1) is 13.2. The summed E-state index contributed by atoms with van der Waals surface area (Å²) in [6, 6.07) is 0. The van der Waals surface area contributed by atoms with Gasteiger partial charge in [0.05, 0.1) is 5.69 Å². The molecule has 0 saturated heterocycles. The predicted molar refractivity (Wildman–Crippen MR) is 78.2 cm³/mol. The summed E-state index contributed by atoms with van der Waals surface area (Å²) in [4.78, 5) is 26.3. The number of aromatic nitrogens is 3. The lowest BCUT2D eigenvalue weighted by atomic mass is 9.94. The zero-order chi connectivity index (χ0) is 14.1. The van der Waals surface area contributed by atoms with Crippen LogP contribution in [0.2, 0.25) is 0 Å². The third kappa shape index (κ3) is 2.43. The van der Waals surface area contributed by atoms with Crippen molar-refractivity contribution in [2.24, 2.45) is 0 Å². The molecule has 0 saturated carbocycles. The molecule has 1 amide bonds. The Balaban J connectivity index is 1.87. The Bertz CT molecular complexity index is 646. The fourth-order valence-electron chi connectivity index (χ4n) is 2.40. The van der Waals surface area contributed by atoms with Gasteiger partial charge >= 0.3 is 0 Å². The zero-order valence-corrected chi connectivity index (χ0v) is 12.4. The molecular weight excluding hydrogens is 272 g/mol. The molecule has 6 heteroatoms. The third-order valence-electron chi connectivity index (χ3n) is 3.59. The van der Waals surface area contributed by atoms with Gasteiger partial charge in [0.15, 0.2) is 5.13 Å². The third-order valence-corrected chi connectivity index (χ3v) is 4.58. The second-order valence-electron chi connectivity index (χ2n) is 4.97. The molecule has 2 heterocycles. The van der Waals surface area contributed by atoms with Gasteiger partial charge in [-0.1, -0.05) is 0 Å². The largest absolute Gasteiger partial charge is 0.296 e. The van der Waals surface area contributed by atoms with Crippen molar-refractivity contribution in [3.8, 4) is 0 Å². The number of fused-ring (bicyclic) bond motifs is 1. The van der Waals surface area contributed by atoms with Crippen LogP contribution in [0.1, 0.15) is 45.2 Å². The van der Waals surface area contributed by atoms with Crippen LogP contribution in [0.15, 0.2) is 6.33 Å². The molecule has 0 unspecified atom stereocenters. The van der Waals surface area contributed by atoms with E-state index < -0.39 is 0 Å². The molecule has 1 N–H and O–H groups in total. The van der Waals surface area contributed by atoms with Gasteiger partial charge in [-0.05, 0) is 39.5 Å². The standard InChI is InChI=1S/C14H16N4OS/c1-8-9(2)20-14(17-8)18-13(19)12-10-5-3-4-6-11(10)15-7-16-12/h7H,3-6H2,1-2H3,(H,17,18,19). The number of rotatable bonds is 2. The Labute approximate surface area is 121 Å². The van der Waals surface area contributed by atoms with Crippen molar-refractivity contribution in [2.75, 3.05) is 5.32 Å². The molecule has 2 aromatic rings. The van der Waals surface area contributed by atoms with Crippen LogP contribution in [-0.4, -0.2) is 20.9 Å². The Morgan fingerprint density at radius 2 is 2.05 bits per heavy atom. The second kappa shape index (κ2) is 5.28. The molecule has 1 aliphatic rings. The van der Waals surface area contributed by atoms with Crippen molar-refractivity contribution in [1.82, 2.24) is 15.0 Å². The molecule has 0 fully saturated rings. The number of nitrogens with one attached hydrogen (secondary N) is 1. The maximum absolute atomic E-state index is 12.4. The van der Waals surface area contributed by atoms with E-state index in [1.54, 1.807) is 0 Å². The molecule has 20 heavy (non-hydrogen) atoms. The predicted octanol–water partition coefficient (Wildman–Crippen LogP) is 2.68. The number of hydrogen-bond donors (Lipinski definition) is 1. The molecule has 3 rings (SSSR count). The van der Waals surface area contributed by atoms with Gasteiger partial charge in [-0.25, -0.2) is 15.0 Å². The normalized spacial score (nSPS) is 13.9. The van der Waals surface area contributed by atoms with Crippen molar-refractivity contribution in [3.05, 3.63) is 33.8 Å². The van der Waals surface area contributed by atoms with Gasteiger partial charge in [-0.15, -0.1) is 11.3 Å². The van der Waals surface area contributed by atoms with Gasteiger partial charge in [-0.3, -0.25) is 10.1 Å². The Morgan fingerprint density at radius 3 is 2.80 bits per heavy atom. The molecule has 1 aliphatic carbocycles. The smallest absolute Gasteiger partial charge is 0.276 e. The number of carbonyl (C=O) groups excluding carboxylic acids is 1. The molecule has 0 atom stereocenters. The number of nitrogens with zero attached hydrogens (tertiary/aromatic N) is 3. The van der Waals surface area contributed by atoms with E-state index in [9.17, 15) is 4.79 Å². The molecule has 0 radical (unpaired) electrons. The number of anilines is 1. The summed E-state index contributed by atoms with van der Waals surface area (Å²) in [5.74, 6) is -0.181. The minimum absolute atomic E-state index is 0.181. The number of aryl methyl sites for hydroxylation is 3. The van der Waals surface area contributed by atoms with Gasteiger partial charge in [0.25, 0.3) is 5.91 Å². The van der Waals surface area contributed by atoms with Gasteiger partial charge in [0.2, 0.25) is 0 Å². The first-order chi connectivity index (χ1) is 9.65. The fourth-order valence-corrected chi connectivity index (χ4v) is 3.21. The number of thiazole rings is 1. The van der Waals surface area contributed by atoms with Gasteiger partial charge < -0.3 is 0 Å². The lowest BCUT2D eigenvalue weighted by Gasteiger charge is -2.16. The van der Waals surface area contributed by atoms with E-state index >= 15 is 0 Å². The first-order valence-electron chi connectivity index (χ1n) is 6.73. The minimum atomic E-state index is -0.181. The number of hydrogen-bond acceptors (Lipinski definition) is 5. The lowest BCUT2D eigenvalue weighted by molar-refractivity contribution is 0.102. The van der Waals surface area contributed by atoms with E-state index in [4.69, 9.17) is 0 Å². The van der Waals surface area contributed by atoms with Gasteiger partial charge in [-0.2, -0.15) is 0 Å². The quantitative estimate of drug-likeness (QED) is 0.922. The van der Waals surface area contributed by atoms with Crippen LogP contribution < -0.4 is 5.32 Å².